The number of nitrogens with zero attached hydrogens (tertiary/aromatic N) is 4. The zero-order chi connectivity index (χ0) is 25.3. The number of carbonyl (C=O) groups excluding carboxylic acids is 1. The van der Waals surface area contributed by atoms with Crippen LogP contribution in [0.25, 0.3) is 22.4 Å². The highest BCUT2D eigenvalue weighted by Gasteiger charge is 2.21. The number of imidazole rings is 1. The normalized spacial score (nSPS) is 11.4. The SMILES string of the molecule is COc1ccc(-n2nc(C(C)(C)C)cc2NC(=O)Nc2ccc(-n3cnc4ccccc43)cc2)cc1. The molecule has 0 fully saturated rings. The zero-order valence-corrected chi connectivity index (χ0v) is 20.7. The highest BCUT2D eigenvalue weighted by Crippen LogP contribution is 2.27. The Morgan fingerprint density at radius 3 is 2.28 bits per heavy atom. The van der Waals surface area contributed by atoms with Gasteiger partial charge < -0.3 is 10.1 Å². The number of ether oxygens (including phenoxy) is 1. The molecule has 2 heterocycles. The monoisotopic (exact) mass is 480 g/mol. The number of aromatic nitrogens is 4. The van der Waals surface area contributed by atoms with Crippen LogP contribution in [0.2, 0.25) is 0 Å². The maximum Gasteiger partial charge on any atom is 0.324 e. The first-order valence-corrected chi connectivity index (χ1v) is 11.7. The fourth-order valence-electron chi connectivity index (χ4n) is 3.91. The third-order valence-electron chi connectivity index (χ3n) is 5.89. The number of methoxy groups -OCH3 is 1. The highest BCUT2D eigenvalue weighted by molar-refractivity contribution is 5.99. The molecule has 8 heteroatoms. The van der Waals surface area contributed by atoms with E-state index >= 15 is 0 Å². The number of anilines is 2. The van der Waals surface area contributed by atoms with Crippen LogP contribution in [-0.2, 0) is 5.41 Å². The minimum Gasteiger partial charge on any atom is -0.497 e. The summed E-state index contributed by atoms with van der Waals surface area (Å²) in [6.45, 7) is 6.26. The number of benzene rings is 3. The van der Waals surface area contributed by atoms with Crippen molar-refractivity contribution in [3.05, 3.63) is 90.9 Å². The molecular formula is C28H28N6O2. The third kappa shape index (κ3) is 4.65. The molecule has 0 unspecified atom stereocenters. The van der Waals surface area contributed by atoms with Crippen molar-refractivity contribution in [1.82, 2.24) is 19.3 Å². The third-order valence-corrected chi connectivity index (χ3v) is 5.89. The molecule has 8 nitrogen and oxygen atoms in total. The molecule has 0 saturated heterocycles. The summed E-state index contributed by atoms with van der Waals surface area (Å²) in [6.07, 6.45) is 1.80. The molecule has 2 aromatic heterocycles. The Bertz CT molecular complexity index is 1510. The van der Waals surface area contributed by atoms with Crippen LogP contribution >= 0.6 is 0 Å². The van der Waals surface area contributed by atoms with Crippen LogP contribution in [0, 0.1) is 0 Å². The van der Waals surface area contributed by atoms with Crippen LogP contribution in [0.3, 0.4) is 0 Å². The molecule has 0 aliphatic heterocycles. The Morgan fingerprint density at radius 1 is 0.889 bits per heavy atom. The van der Waals surface area contributed by atoms with E-state index in [2.05, 4.69) is 36.4 Å². The van der Waals surface area contributed by atoms with Crippen LogP contribution in [0.4, 0.5) is 16.3 Å². The summed E-state index contributed by atoms with van der Waals surface area (Å²) in [6, 6.07) is 24.7. The van der Waals surface area contributed by atoms with Gasteiger partial charge in [-0.25, -0.2) is 14.5 Å². The van der Waals surface area contributed by atoms with Gasteiger partial charge in [0, 0.05) is 22.9 Å². The second-order valence-electron chi connectivity index (χ2n) is 9.50. The number of nitrogens with one attached hydrogen (secondary N) is 2. The second kappa shape index (κ2) is 9.22. The van der Waals surface area contributed by atoms with E-state index in [9.17, 15) is 4.79 Å². The van der Waals surface area contributed by atoms with E-state index < -0.39 is 0 Å². The predicted molar refractivity (Wildman–Crippen MR) is 143 cm³/mol. The molecule has 36 heavy (non-hydrogen) atoms. The van der Waals surface area contributed by atoms with E-state index in [1.54, 1.807) is 18.1 Å². The van der Waals surface area contributed by atoms with Crippen molar-refractivity contribution in [2.75, 3.05) is 17.7 Å². The number of hydrogen-bond donors (Lipinski definition) is 2. The Kier molecular flexibility index (Phi) is 5.93. The fourth-order valence-corrected chi connectivity index (χ4v) is 3.91. The number of hydrogen-bond acceptors (Lipinski definition) is 4. The van der Waals surface area contributed by atoms with Crippen molar-refractivity contribution >= 4 is 28.6 Å². The average Bonchev–Trinajstić information content (AvgIpc) is 3.49. The van der Waals surface area contributed by atoms with Gasteiger partial charge in [0.25, 0.3) is 0 Å². The molecule has 0 atom stereocenters. The minimum absolute atomic E-state index is 0.183. The summed E-state index contributed by atoms with van der Waals surface area (Å²) >= 11 is 0. The molecule has 0 radical (unpaired) electrons. The summed E-state index contributed by atoms with van der Waals surface area (Å²) in [5.74, 6) is 1.32. The van der Waals surface area contributed by atoms with E-state index in [1.807, 2.05) is 83.4 Å². The van der Waals surface area contributed by atoms with Crippen molar-refractivity contribution in [3.63, 3.8) is 0 Å². The van der Waals surface area contributed by atoms with E-state index in [1.165, 1.54) is 0 Å². The van der Waals surface area contributed by atoms with Crippen LogP contribution < -0.4 is 15.4 Å². The summed E-state index contributed by atoms with van der Waals surface area (Å²) < 4.78 is 9.01. The molecule has 0 spiro atoms. The van der Waals surface area contributed by atoms with Crippen LogP contribution in [0.15, 0.2) is 85.2 Å². The van der Waals surface area contributed by atoms with Gasteiger partial charge in [-0.05, 0) is 60.7 Å². The smallest absolute Gasteiger partial charge is 0.324 e. The Morgan fingerprint density at radius 2 is 1.58 bits per heavy atom. The lowest BCUT2D eigenvalue weighted by Gasteiger charge is -2.14. The summed E-state index contributed by atoms with van der Waals surface area (Å²) in [5, 5.41) is 10.6. The molecule has 182 valence electrons. The Hall–Kier alpha value is -4.59. The van der Waals surface area contributed by atoms with Crippen molar-refractivity contribution in [2.45, 2.75) is 26.2 Å². The van der Waals surface area contributed by atoms with Crippen molar-refractivity contribution < 1.29 is 9.53 Å². The molecule has 0 bridgehead atoms. The molecule has 2 amide bonds. The largest absolute Gasteiger partial charge is 0.497 e. The van der Waals surface area contributed by atoms with Crippen molar-refractivity contribution in [3.8, 4) is 17.1 Å². The Labute approximate surface area is 209 Å². The Balaban J connectivity index is 1.35. The van der Waals surface area contributed by atoms with Gasteiger partial charge in [-0.3, -0.25) is 9.88 Å². The fraction of sp³-hybridized carbons (Fsp3) is 0.179. The minimum atomic E-state index is -0.356. The predicted octanol–water partition coefficient (Wildman–Crippen LogP) is 6.16. The van der Waals surface area contributed by atoms with Gasteiger partial charge in [0.15, 0.2) is 0 Å². The maximum atomic E-state index is 12.9. The van der Waals surface area contributed by atoms with Gasteiger partial charge in [-0.2, -0.15) is 5.10 Å². The maximum absolute atomic E-state index is 12.9. The summed E-state index contributed by atoms with van der Waals surface area (Å²) in [4.78, 5) is 17.4. The molecule has 2 N–H and O–H groups in total. The first-order valence-electron chi connectivity index (χ1n) is 11.7. The van der Waals surface area contributed by atoms with E-state index in [-0.39, 0.29) is 11.4 Å². The number of urea groups is 1. The molecule has 0 aliphatic rings. The van der Waals surface area contributed by atoms with Crippen molar-refractivity contribution in [2.24, 2.45) is 0 Å². The van der Waals surface area contributed by atoms with Crippen LogP contribution in [0.1, 0.15) is 26.5 Å². The lowest BCUT2D eigenvalue weighted by molar-refractivity contribution is 0.262. The zero-order valence-electron chi connectivity index (χ0n) is 20.7. The molecular weight excluding hydrogens is 452 g/mol. The number of amides is 2. The number of rotatable bonds is 5. The van der Waals surface area contributed by atoms with Gasteiger partial charge in [-0.1, -0.05) is 32.9 Å². The van der Waals surface area contributed by atoms with Gasteiger partial charge in [0.2, 0.25) is 0 Å². The average molecular weight is 481 g/mol. The second-order valence-corrected chi connectivity index (χ2v) is 9.50. The molecule has 5 aromatic rings. The van der Waals surface area contributed by atoms with Crippen molar-refractivity contribution in [1.29, 1.82) is 0 Å². The summed E-state index contributed by atoms with van der Waals surface area (Å²) in [5.41, 5.74) is 5.09. The summed E-state index contributed by atoms with van der Waals surface area (Å²) in [7, 11) is 1.63. The standard InChI is InChI=1S/C28H28N6O2/c1-28(2,3)25-17-26(34(32-25)21-13-15-22(36-4)16-14-21)31-27(35)30-19-9-11-20(12-10-19)33-18-29-23-7-5-6-8-24(23)33/h5-18H,1-4H3,(H2,30,31,35). The number of fused-ring (bicyclic) bond motifs is 1. The van der Waals surface area contributed by atoms with Gasteiger partial charge in [-0.15, -0.1) is 0 Å². The number of carbonyl (C=O) groups is 1. The molecule has 5 rings (SSSR count). The lowest BCUT2D eigenvalue weighted by Crippen LogP contribution is -2.21. The van der Waals surface area contributed by atoms with Gasteiger partial charge in [0.1, 0.15) is 17.9 Å². The van der Waals surface area contributed by atoms with Crippen LogP contribution in [-0.4, -0.2) is 32.5 Å². The highest BCUT2D eigenvalue weighted by atomic mass is 16.5. The number of para-hydroxylation sites is 2. The lowest BCUT2D eigenvalue weighted by atomic mass is 9.92. The van der Waals surface area contributed by atoms with E-state index in [0.717, 1.165) is 33.9 Å². The van der Waals surface area contributed by atoms with Gasteiger partial charge >= 0.3 is 6.03 Å². The molecule has 0 saturated carbocycles. The molecule has 0 aliphatic carbocycles. The first-order chi connectivity index (χ1) is 17.3. The topological polar surface area (TPSA) is 86.0 Å². The molecule has 3 aromatic carbocycles. The van der Waals surface area contributed by atoms with Gasteiger partial charge in [0.05, 0.1) is 29.5 Å². The first kappa shape index (κ1) is 23.2. The quantitative estimate of drug-likeness (QED) is 0.315. The van der Waals surface area contributed by atoms with Crippen LogP contribution in [0.5, 0.6) is 5.75 Å². The van der Waals surface area contributed by atoms with E-state index in [4.69, 9.17) is 9.84 Å². The van der Waals surface area contributed by atoms with E-state index in [0.29, 0.717) is 11.5 Å².